The Bertz CT molecular complexity index is 265. The van der Waals surface area contributed by atoms with Gasteiger partial charge in [-0.05, 0) is 20.8 Å². The Kier molecular flexibility index (Phi) is 2.50. The van der Waals surface area contributed by atoms with Gasteiger partial charge in [0, 0.05) is 0 Å². The van der Waals surface area contributed by atoms with Crippen molar-refractivity contribution in [3.05, 3.63) is 6.20 Å². The lowest BCUT2D eigenvalue weighted by Gasteiger charge is -2.18. The van der Waals surface area contributed by atoms with Crippen molar-refractivity contribution in [2.45, 2.75) is 26.3 Å². The molecule has 0 aliphatic rings. The van der Waals surface area contributed by atoms with Crippen LogP contribution in [0.5, 0.6) is 11.6 Å². The van der Waals surface area contributed by atoms with E-state index in [1.165, 1.54) is 0 Å². The Morgan fingerprint density at radius 2 is 1.85 bits per heavy atom. The van der Waals surface area contributed by atoms with Crippen molar-refractivity contribution in [2.24, 2.45) is 0 Å². The third-order valence-corrected chi connectivity index (χ3v) is 1.75. The normalized spacial score (nSPS) is 11.5. The van der Waals surface area contributed by atoms with Crippen molar-refractivity contribution in [1.82, 2.24) is 9.78 Å². The minimum atomic E-state index is -0.0515. The lowest BCUT2D eigenvalue weighted by molar-refractivity contribution is 0.325. The summed E-state index contributed by atoms with van der Waals surface area (Å²) >= 11 is 0. The van der Waals surface area contributed by atoms with Crippen molar-refractivity contribution < 1.29 is 9.47 Å². The van der Waals surface area contributed by atoms with E-state index < -0.39 is 0 Å². The Morgan fingerprint density at radius 1 is 1.23 bits per heavy atom. The van der Waals surface area contributed by atoms with Crippen LogP contribution in [0.4, 0.5) is 0 Å². The molecular formula is C9H16N2O2. The summed E-state index contributed by atoms with van der Waals surface area (Å²) in [6.45, 7) is 6.20. The number of methoxy groups -OCH3 is 2. The molecule has 0 atom stereocenters. The maximum absolute atomic E-state index is 5.10. The highest BCUT2D eigenvalue weighted by Crippen LogP contribution is 2.27. The molecule has 0 N–H and O–H groups in total. The van der Waals surface area contributed by atoms with Crippen LogP contribution in [-0.4, -0.2) is 24.0 Å². The van der Waals surface area contributed by atoms with Crippen molar-refractivity contribution in [3.8, 4) is 11.6 Å². The lowest BCUT2D eigenvalue weighted by Crippen LogP contribution is -2.22. The van der Waals surface area contributed by atoms with Crippen LogP contribution in [-0.2, 0) is 5.54 Å². The van der Waals surface area contributed by atoms with Gasteiger partial charge in [0.1, 0.15) is 0 Å². The van der Waals surface area contributed by atoms with Gasteiger partial charge in [0.2, 0.25) is 5.75 Å². The highest BCUT2D eigenvalue weighted by molar-refractivity contribution is 5.30. The van der Waals surface area contributed by atoms with E-state index in [0.717, 1.165) is 0 Å². The second-order valence-corrected chi connectivity index (χ2v) is 3.82. The first-order valence-corrected chi connectivity index (χ1v) is 4.17. The molecule has 1 aromatic rings. The molecule has 0 radical (unpaired) electrons. The fraction of sp³-hybridized carbons (Fsp3) is 0.667. The van der Waals surface area contributed by atoms with Gasteiger partial charge in [-0.25, -0.2) is 0 Å². The average Bonchev–Trinajstić information content (AvgIpc) is 2.45. The molecule has 1 aromatic heterocycles. The van der Waals surface area contributed by atoms with E-state index in [1.807, 2.05) is 10.9 Å². The second kappa shape index (κ2) is 3.28. The first-order chi connectivity index (χ1) is 5.99. The van der Waals surface area contributed by atoms with Crippen LogP contribution in [0.2, 0.25) is 0 Å². The van der Waals surface area contributed by atoms with Crippen LogP contribution in [0.15, 0.2) is 6.20 Å². The van der Waals surface area contributed by atoms with E-state index >= 15 is 0 Å². The smallest absolute Gasteiger partial charge is 0.275 e. The summed E-state index contributed by atoms with van der Waals surface area (Å²) in [7, 11) is 3.18. The van der Waals surface area contributed by atoms with E-state index in [4.69, 9.17) is 9.47 Å². The molecule has 0 saturated heterocycles. The first kappa shape index (κ1) is 9.89. The van der Waals surface area contributed by atoms with Crippen LogP contribution in [0, 0.1) is 0 Å². The number of ether oxygens (including phenoxy) is 2. The molecule has 4 nitrogen and oxygen atoms in total. The SMILES string of the molecule is COc1cn(C(C)(C)C)nc1OC. The zero-order valence-corrected chi connectivity index (χ0v) is 8.79. The number of hydrogen-bond acceptors (Lipinski definition) is 3. The summed E-state index contributed by atoms with van der Waals surface area (Å²) in [5.74, 6) is 1.19. The minimum absolute atomic E-state index is 0.0515. The van der Waals surface area contributed by atoms with Gasteiger partial charge in [0.15, 0.2) is 0 Å². The van der Waals surface area contributed by atoms with Crippen LogP contribution >= 0.6 is 0 Å². The van der Waals surface area contributed by atoms with Gasteiger partial charge in [-0.3, -0.25) is 4.68 Å². The van der Waals surface area contributed by atoms with Crippen molar-refractivity contribution in [2.75, 3.05) is 14.2 Å². The standard InChI is InChI=1S/C9H16N2O2/c1-9(2,3)11-6-7(12-4)8(10-11)13-5/h6H,1-5H3. The number of rotatable bonds is 2. The maximum atomic E-state index is 5.10. The summed E-state index contributed by atoms with van der Waals surface area (Å²) in [5.41, 5.74) is -0.0515. The molecule has 0 fully saturated rings. The number of nitrogens with zero attached hydrogens (tertiary/aromatic N) is 2. The summed E-state index contributed by atoms with van der Waals surface area (Å²) in [5, 5.41) is 4.24. The number of aromatic nitrogens is 2. The maximum Gasteiger partial charge on any atom is 0.275 e. The summed E-state index contributed by atoms with van der Waals surface area (Å²) in [6, 6.07) is 0. The molecule has 0 aromatic carbocycles. The number of hydrogen-bond donors (Lipinski definition) is 0. The van der Waals surface area contributed by atoms with E-state index in [9.17, 15) is 0 Å². The molecule has 13 heavy (non-hydrogen) atoms. The molecule has 1 rings (SSSR count). The van der Waals surface area contributed by atoms with E-state index in [2.05, 4.69) is 25.9 Å². The van der Waals surface area contributed by atoms with Gasteiger partial charge in [0.25, 0.3) is 5.88 Å². The molecule has 0 aliphatic carbocycles. The third kappa shape index (κ3) is 1.94. The summed E-state index contributed by atoms with van der Waals surface area (Å²) < 4.78 is 12.0. The fourth-order valence-corrected chi connectivity index (χ4v) is 0.967. The van der Waals surface area contributed by atoms with Gasteiger partial charge in [-0.15, -0.1) is 5.10 Å². The monoisotopic (exact) mass is 184 g/mol. The van der Waals surface area contributed by atoms with Gasteiger partial charge < -0.3 is 9.47 Å². The van der Waals surface area contributed by atoms with Crippen LogP contribution in [0.25, 0.3) is 0 Å². The highest BCUT2D eigenvalue weighted by atomic mass is 16.5. The molecule has 4 heteroatoms. The van der Waals surface area contributed by atoms with Crippen molar-refractivity contribution >= 4 is 0 Å². The third-order valence-electron chi connectivity index (χ3n) is 1.75. The van der Waals surface area contributed by atoms with Gasteiger partial charge >= 0.3 is 0 Å². The molecule has 0 bridgehead atoms. The molecular weight excluding hydrogens is 168 g/mol. The van der Waals surface area contributed by atoms with Gasteiger partial charge in [-0.1, -0.05) is 0 Å². The van der Waals surface area contributed by atoms with Crippen LogP contribution in [0.1, 0.15) is 20.8 Å². The molecule has 74 valence electrons. The topological polar surface area (TPSA) is 36.3 Å². The summed E-state index contributed by atoms with van der Waals surface area (Å²) in [6.07, 6.45) is 1.83. The zero-order valence-electron chi connectivity index (χ0n) is 8.79. The predicted octanol–water partition coefficient (Wildman–Crippen LogP) is 1.66. The molecule has 0 aliphatic heterocycles. The van der Waals surface area contributed by atoms with E-state index in [1.54, 1.807) is 14.2 Å². The fourth-order valence-electron chi connectivity index (χ4n) is 0.967. The first-order valence-electron chi connectivity index (χ1n) is 4.17. The average molecular weight is 184 g/mol. The molecule has 0 amide bonds. The molecule has 0 unspecified atom stereocenters. The second-order valence-electron chi connectivity index (χ2n) is 3.82. The summed E-state index contributed by atoms with van der Waals surface area (Å²) in [4.78, 5) is 0. The molecule has 0 saturated carbocycles. The van der Waals surface area contributed by atoms with Crippen LogP contribution < -0.4 is 9.47 Å². The Labute approximate surface area is 78.5 Å². The molecule has 1 heterocycles. The quantitative estimate of drug-likeness (QED) is 0.701. The van der Waals surface area contributed by atoms with Crippen LogP contribution in [0.3, 0.4) is 0 Å². The Morgan fingerprint density at radius 3 is 2.15 bits per heavy atom. The Balaban J connectivity index is 3.07. The lowest BCUT2D eigenvalue weighted by atomic mass is 10.1. The largest absolute Gasteiger partial charge is 0.490 e. The molecule has 0 spiro atoms. The Hall–Kier alpha value is -1.19. The highest BCUT2D eigenvalue weighted by Gasteiger charge is 2.18. The van der Waals surface area contributed by atoms with Gasteiger partial charge in [-0.2, -0.15) is 0 Å². The van der Waals surface area contributed by atoms with Crippen molar-refractivity contribution in [1.29, 1.82) is 0 Å². The van der Waals surface area contributed by atoms with E-state index in [0.29, 0.717) is 11.6 Å². The minimum Gasteiger partial charge on any atom is -0.490 e. The van der Waals surface area contributed by atoms with E-state index in [-0.39, 0.29) is 5.54 Å². The zero-order chi connectivity index (χ0) is 10.1. The van der Waals surface area contributed by atoms with Gasteiger partial charge in [0.05, 0.1) is 26.0 Å². The predicted molar refractivity (Wildman–Crippen MR) is 50.3 cm³/mol. The van der Waals surface area contributed by atoms with Crippen molar-refractivity contribution in [3.63, 3.8) is 0 Å².